The Hall–Kier alpha value is -2.74. The number of sulfonamides is 1. The molecule has 0 saturated carbocycles. The van der Waals surface area contributed by atoms with Crippen LogP contribution in [0, 0.1) is 13.8 Å². The van der Waals surface area contributed by atoms with Crippen LogP contribution in [0.4, 0.5) is 11.4 Å². The van der Waals surface area contributed by atoms with E-state index in [4.69, 9.17) is 9.47 Å². The molecule has 2 aromatic rings. The van der Waals surface area contributed by atoms with Crippen molar-refractivity contribution in [2.24, 2.45) is 0 Å². The predicted octanol–water partition coefficient (Wildman–Crippen LogP) is 3.22. The Bertz CT molecular complexity index is 988. The molecule has 8 heteroatoms. The van der Waals surface area contributed by atoms with Gasteiger partial charge in [-0.05, 0) is 49.6 Å². The van der Waals surface area contributed by atoms with Gasteiger partial charge in [-0.1, -0.05) is 12.1 Å². The first-order valence-corrected chi connectivity index (χ1v) is 10.8. The Kier molecular flexibility index (Phi) is 5.79. The molecule has 0 aromatic heterocycles. The highest BCUT2D eigenvalue weighted by atomic mass is 32.2. The van der Waals surface area contributed by atoms with Crippen LogP contribution >= 0.6 is 0 Å². The zero-order valence-electron chi connectivity index (χ0n) is 16.2. The maximum atomic E-state index is 12.3. The Labute approximate surface area is 165 Å². The molecule has 1 N–H and O–H groups in total. The molecule has 0 spiro atoms. The SMILES string of the molecule is Cc1cccc(N(CCCC(=O)Nc2ccc3c(c2)OCO3)S(C)(=O)=O)c1C. The van der Waals surface area contributed by atoms with Gasteiger partial charge in [0.25, 0.3) is 0 Å². The Morgan fingerprint density at radius 1 is 1.14 bits per heavy atom. The van der Waals surface area contributed by atoms with Crippen LogP contribution in [0.2, 0.25) is 0 Å². The number of carbonyl (C=O) groups is 1. The van der Waals surface area contributed by atoms with Gasteiger partial charge >= 0.3 is 0 Å². The Balaban J connectivity index is 1.61. The van der Waals surface area contributed by atoms with E-state index >= 15 is 0 Å². The molecule has 0 unspecified atom stereocenters. The molecule has 7 nitrogen and oxygen atoms in total. The summed E-state index contributed by atoms with van der Waals surface area (Å²) in [5, 5.41) is 2.80. The summed E-state index contributed by atoms with van der Waals surface area (Å²) in [6.07, 6.45) is 1.78. The molecule has 0 aliphatic carbocycles. The highest BCUT2D eigenvalue weighted by molar-refractivity contribution is 7.92. The molecule has 1 aliphatic heterocycles. The van der Waals surface area contributed by atoms with Gasteiger partial charge in [0.2, 0.25) is 22.7 Å². The van der Waals surface area contributed by atoms with Gasteiger partial charge in [0, 0.05) is 24.7 Å². The lowest BCUT2D eigenvalue weighted by molar-refractivity contribution is -0.116. The van der Waals surface area contributed by atoms with E-state index in [1.807, 2.05) is 26.0 Å². The second-order valence-corrected chi connectivity index (χ2v) is 8.68. The van der Waals surface area contributed by atoms with Crippen molar-refractivity contribution in [2.45, 2.75) is 26.7 Å². The summed E-state index contributed by atoms with van der Waals surface area (Å²) in [5.74, 6) is 1.06. The number of ether oxygens (including phenoxy) is 2. The number of nitrogens with zero attached hydrogens (tertiary/aromatic N) is 1. The lowest BCUT2D eigenvalue weighted by atomic mass is 10.1. The summed E-state index contributed by atoms with van der Waals surface area (Å²) in [7, 11) is -3.45. The Morgan fingerprint density at radius 3 is 2.64 bits per heavy atom. The van der Waals surface area contributed by atoms with Crippen LogP contribution in [0.5, 0.6) is 11.5 Å². The molecule has 3 rings (SSSR count). The standard InChI is InChI=1S/C20H24N2O5S/c1-14-6-4-7-17(15(14)2)22(28(3,24)25)11-5-8-20(23)21-16-9-10-18-19(12-16)27-13-26-18/h4,6-7,9-10,12H,5,8,11,13H2,1-3H3,(H,21,23). The van der Waals surface area contributed by atoms with Crippen molar-refractivity contribution in [3.05, 3.63) is 47.5 Å². The third kappa shape index (κ3) is 4.56. The van der Waals surface area contributed by atoms with E-state index in [1.54, 1.807) is 24.3 Å². The van der Waals surface area contributed by atoms with Crippen molar-refractivity contribution in [3.63, 3.8) is 0 Å². The topological polar surface area (TPSA) is 84.9 Å². The zero-order valence-corrected chi connectivity index (χ0v) is 17.0. The number of hydrogen-bond acceptors (Lipinski definition) is 5. The summed E-state index contributed by atoms with van der Waals surface area (Å²) < 4.78 is 36.4. The smallest absolute Gasteiger partial charge is 0.232 e. The van der Waals surface area contributed by atoms with E-state index in [0.29, 0.717) is 29.3 Å². The van der Waals surface area contributed by atoms with Crippen molar-refractivity contribution in [1.82, 2.24) is 0 Å². The van der Waals surface area contributed by atoms with E-state index in [-0.39, 0.29) is 25.7 Å². The maximum absolute atomic E-state index is 12.3. The second-order valence-electron chi connectivity index (χ2n) is 6.77. The fraction of sp³-hybridized carbons (Fsp3) is 0.350. The largest absolute Gasteiger partial charge is 0.454 e. The molecule has 0 atom stereocenters. The van der Waals surface area contributed by atoms with Gasteiger partial charge in [0.1, 0.15) is 0 Å². The first-order valence-electron chi connectivity index (χ1n) is 8.99. The van der Waals surface area contributed by atoms with E-state index < -0.39 is 10.0 Å². The van der Waals surface area contributed by atoms with Gasteiger partial charge in [-0.3, -0.25) is 9.10 Å². The number of hydrogen-bond donors (Lipinski definition) is 1. The summed E-state index contributed by atoms with van der Waals surface area (Å²) in [5.41, 5.74) is 3.20. The molecule has 2 aromatic carbocycles. The number of aryl methyl sites for hydroxylation is 1. The second kappa shape index (κ2) is 8.10. The molecule has 150 valence electrons. The summed E-state index contributed by atoms with van der Waals surface area (Å²) in [4.78, 5) is 12.3. The minimum Gasteiger partial charge on any atom is -0.454 e. The van der Waals surface area contributed by atoms with Crippen molar-refractivity contribution >= 4 is 27.3 Å². The van der Waals surface area contributed by atoms with E-state index in [0.717, 1.165) is 11.1 Å². The first kappa shape index (κ1) is 20.0. The fourth-order valence-corrected chi connectivity index (χ4v) is 4.07. The van der Waals surface area contributed by atoms with Crippen LogP contribution in [-0.4, -0.2) is 33.9 Å². The van der Waals surface area contributed by atoms with Crippen LogP contribution in [0.3, 0.4) is 0 Å². The monoisotopic (exact) mass is 404 g/mol. The number of nitrogens with one attached hydrogen (secondary N) is 1. The third-order valence-electron chi connectivity index (χ3n) is 4.67. The minimum atomic E-state index is -3.45. The van der Waals surface area contributed by atoms with Gasteiger partial charge in [0.05, 0.1) is 11.9 Å². The quantitative estimate of drug-likeness (QED) is 0.766. The van der Waals surface area contributed by atoms with Crippen LogP contribution in [0.1, 0.15) is 24.0 Å². The van der Waals surface area contributed by atoms with Crippen LogP contribution in [0.25, 0.3) is 0 Å². The number of fused-ring (bicyclic) bond motifs is 1. The van der Waals surface area contributed by atoms with Gasteiger partial charge in [-0.15, -0.1) is 0 Å². The lowest BCUT2D eigenvalue weighted by Gasteiger charge is -2.24. The predicted molar refractivity (Wildman–Crippen MR) is 109 cm³/mol. The number of rotatable bonds is 7. The first-order chi connectivity index (χ1) is 13.3. The zero-order chi connectivity index (χ0) is 20.3. The van der Waals surface area contributed by atoms with E-state index in [9.17, 15) is 13.2 Å². The van der Waals surface area contributed by atoms with Crippen LogP contribution < -0.4 is 19.1 Å². The highest BCUT2D eigenvalue weighted by Gasteiger charge is 2.20. The number of anilines is 2. The van der Waals surface area contributed by atoms with Crippen molar-refractivity contribution in [3.8, 4) is 11.5 Å². The summed E-state index contributed by atoms with van der Waals surface area (Å²) in [6.45, 7) is 4.25. The average molecular weight is 404 g/mol. The van der Waals surface area contributed by atoms with Crippen LogP contribution in [0.15, 0.2) is 36.4 Å². The summed E-state index contributed by atoms with van der Waals surface area (Å²) in [6, 6.07) is 10.8. The molecule has 0 saturated heterocycles. The molecule has 0 bridgehead atoms. The minimum absolute atomic E-state index is 0.173. The molecule has 28 heavy (non-hydrogen) atoms. The normalized spacial score (nSPS) is 12.7. The molecule has 0 fully saturated rings. The average Bonchev–Trinajstić information content (AvgIpc) is 3.08. The molecule has 1 aliphatic rings. The maximum Gasteiger partial charge on any atom is 0.232 e. The number of carbonyl (C=O) groups excluding carboxylic acids is 1. The Morgan fingerprint density at radius 2 is 1.89 bits per heavy atom. The molecular weight excluding hydrogens is 380 g/mol. The number of benzene rings is 2. The van der Waals surface area contributed by atoms with Gasteiger partial charge < -0.3 is 14.8 Å². The summed E-state index contributed by atoms with van der Waals surface area (Å²) >= 11 is 0. The van der Waals surface area contributed by atoms with Gasteiger partial charge in [-0.25, -0.2) is 8.42 Å². The fourth-order valence-electron chi connectivity index (χ4n) is 3.05. The molecule has 0 radical (unpaired) electrons. The molecule has 1 amide bonds. The third-order valence-corrected chi connectivity index (χ3v) is 5.85. The highest BCUT2D eigenvalue weighted by Crippen LogP contribution is 2.34. The van der Waals surface area contributed by atoms with Crippen molar-refractivity contribution in [2.75, 3.05) is 29.2 Å². The van der Waals surface area contributed by atoms with E-state index in [1.165, 1.54) is 10.6 Å². The van der Waals surface area contributed by atoms with Crippen molar-refractivity contribution in [1.29, 1.82) is 0 Å². The molecule has 1 heterocycles. The van der Waals surface area contributed by atoms with Crippen LogP contribution in [-0.2, 0) is 14.8 Å². The lowest BCUT2D eigenvalue weighted by Crippen LogP contribution is -2.32. The van der Waals surface area contributed by atoms with Crippen molar-refractivity contribution < 1.29 is 22.7 Å². The molecular formula is C20H24N2O5S. The van der Waals surface area contributed by atoms with E-state index in [2.05, 4.69) is 5.32 Å². The van der Waals surface area contributed by atoms with Gasteiger partial charge in [0.15, 0.2) is 11.5 Å². The number of amides is 1. The van der Waals surface area contributed by atoms with Gasteiger partial charge in [-0.2, -0.15) is 0 Å².